The SMILES string of the molecule is Cc1nn(C)c(C)c1CNC1CCc2cccnc21. The Bertz CT molecular complexity index is 600. The maximum absolute atomic E-state index is 4.52. The van der Waals surface area contributed by atoms with Crippen LogP contribution in [-0.4, -0.2) is 14.8 Å². The molecule has 0 saturated heterocycles. The highest BCUT2D eigenvalue weighted by Crippen LogP contribution is 2.29. The van der Waals surface area contributed by atoms with Gasteiger partial charge in [0, 0.05) is 31.0 Å². The van der Waals surface area contributed by atoms with Gasteiger partial charge >= 0.3 is 0 Å². The summed E-state index contributed by atoms with van der Waals surface area (Å²) < 4.78 is 1.95. The molecule has 2 aromatic heterocycles. The Balaban J connectivity index is 1.74. The quantitative estimate of drug-likeness (QED) is 0.915. The molecule has 4 heteroatoms. The van der Waals surface area contributed by atoms with E-state index in [1.165, 1.54) is 22.5 Å². The van der Waals surface area contributed by atoms with E-state index in [2.05, 4.69) is 35.3 Å². The molecule has 2 aromatic rings. The van der Waals surface area contributed by atoms with E-state index in [0.717, 1.165) is 25.1 Å². The van der Waals surface area contributed by atoms with Gasteiger partial charge in [-0.15, -0.1) is 0 Å². The zero-order valence-electron chi connectivity index (χ0n) is 11.8. The van der Waals surface area contributed by atoms with Crippen molar-refractivity contribution in [2.75, 3.05) is 0 Å². The molecule has 19 heavy (non-hydrogen) atoms. The van der Waals surface area contributed by atoms with Crippen molar-refractivity contribution >= 4 is 0 Å². The van der Waals surface area contributed by atoms with Crippen LogP contribution in [0.1, 0.15) is 40.7 Å². The molecule has 100 valence electrons. The molecule has 1 aliphatic rings. The summed E-state index contributed by atoms with van der Waals surface area (Å²) in [5, 5.41) is 8.09. The van der Waals surface area contributed by atoms with E-state index >= 15 is 0 Å². The Kier molecular flexibility index (Phi) is 3.11. The second kappa shape index (κ2) is 4.78. The summed E-state index contributed by atoms with van der Waals surface area (Å²) in [5.74, 6) is 0. The van der Waals surface area contributed by atoms with Crippen molar-refractivity contribution in [1.29, 1.82) is 0 Å². The van der Waals surface area contributed by atoms with Crippen LogP contribution in [0.5, 0.6) is 0 Å². The largest absolute Gasteiger partial charge is 0.304 e. The molecule has 0 spiro atoms. The Morgan fingerprint density at radius 1 is 1.42 bits per heavy atom. The molecule has 2 heterocycles. The van der Waals surface area contributed by atoms with Crippen LogP contribution < -0.4 is 5.32 Å². The predicted octanol–water partition coefficient (Wildman–Crippen LogP) is 2.21. The van der Waals surface area contributed by atoms with Crippen LogP contribution in [0.3, 0.4) is 0 Å². The smallest absolute Gasteiger partial charge is 0.0641 e. The number of nitrogens with one attached hydrogen (secondary N) is 1. The van der Waals surface area contributed by atoms with Gasteiger partial charge in [-0.3, -0.25) is 9.67 Å². The minimum Gasteiger partial charge on any atom is -0.304 e. The van der Waals surface area contributed by atoms with E-state index in [0.29, 0.717) is 6.04 Å². The lowest BCUT2D eigenvalue weighted by atomic mass is 10.1. The molecule has 0 aromatic carbocycles. The predicted molar refractivity (Wildman–Crippen MR) is 74.8 cm³/mol. The summed E-state index contributed by atoms with van der Waals surface area (Å²) >= 11 is 0. The molecule has 4 nitrogen and oxygen atoms in total. The third-order valence-corrected chi connectivity index (χ3v) is 4.14. The van der Waals surface area contributed by atoms with Gasteiger partial charge in [0.25, 0.3) is 0 Å². The van der Waals surface area contributed by atoms with Gasteiger partial charge in [-0.1, -0.05) is 6.07 Å². The number of rotatable bonds is 3. The fourth-order valence-corrected chi connectivity index (χ4v) is 2.91. The summed E-state index contributed by atoms with van der Waals surface area (Å²) in [5.41, 5.74) is 6.28. The van der Waals surface area contributed by atoms with Crippen molar-refractivity contribution in [3.05, 3.63) is 46.5 Å². The van der Waals surface area contributed by atoms with Crippen molar-refractivity contribution in [1.82, 2.24) is 20.1 Å². The van der Waals surface area contributed by atoms with Crippen LogP contribution in [0.4, 0.5) is 0 Å². The van der Waals surface area contributed by atoms with Gasteiger partial charge in [0.05, 0.1) is 17.4 Å². The first-order valence-electron chi connectivity index (χ1n) is 6.83. The molecule has 1 N–H and O–H groups in total. The first-order chi connectivity index (χ1) is 9.16. The first-order valence-corrected chi connectivity index (χ1v) is 6.83. The van der Waals surface area contributed by atoms with Crippen molar-refractivity contribution in [2.45, 2.75) is 39.3 Å². The lowest BCUT2D eigenvalue weighted by Crippen LogP contribution is -2.20. The van der Waals surface area contributed by atoms with Crippen LogP contribution in [0.2, 0.25) is 0 Å². The first kappa shape index (κ1) is 12.4. The number of fused-ring (bicyclic) bond motifs is 1. The zero-order valence-corrected chi connectivity index (χ0v) is 11.8. The van der Waals surface area contributed by atoms with E-state index < -0.39 is 0 Å². The van der Waals surface area contributed by atoms with Crippen LogP contribution in [0.15, 0.2) is 18.3 Å². The lowest BCUT2D eigenvalue weighted by molar-refractivity contribution is 0.519. The van der Waals surface area contributed by atoms with Gasteiger partial charge in [-0.2, -0.15) is 5.10 Å². The minimum atomic E-state index is 0.384. The molecule has 0 saturated carbocycles. The number of pyridine rings is 1. The highest BCUT2D eigenvalue weighted by Gasteiger charge is 2.23. The van der Waals surface area contributed by atoms with Crippen LogP contribution in [0.25, 0.3) is 0 Å². The third-order valence-electron chi connectivity index (χ3n) is 4.14. The van der Waals surface area contributed by atoms with E-state index in [4.69, 9.17) is 0 Å². The Morgan fingerprint density at radius 3 is 3.00 bits per heavy atom. The van der Waals surface area contributed by atoms with Crippen molar-refractivity contribution in [3.8, 4) is 0 Å². The number of aryl methyl sites for hydroxylation is 3. The van der Waals surface area contributed by atoms with Gasteiger partial charge < -0.3 is 5.32 Å². The normalized spacial score (nSPS) is 17.7. The summed E-state index contributed by atoms with van der Waals surface area (Å²) in [6, 6.07) is 4.59. The molecule has 0 amide bonds. The standard InChI is InChI=1S/C15H20N4/c1-10-13(11(2)19(3)18-10)9-17-14-7-6-12-5-4-8-16-15(12)14/h4-5,8,14,17H,6-7,9H2,1-3H3. The average Bonchev–Trinajstić information content (AvgIpc) is 2.91. The molecule has 1 atom stereocenters. The van der Waals surface area contributed by atoms with Crippen LogP contribution in [-0.2, 0) is 20.0 Å². The van der Waals surface area contributed by atoms with Crippen molar-refractivity contribution in [2.24, 2.45) is 7.05 Å². The number of aromatic nitrogens is 3. The molecular weight excluding hydrogens is 236 g/mol. The van der Waals surface area contributed by atoms with Gasteiger partial charge in [-0.25, -0.2) is 0 Å². The fourth-order valence-electron chi connectivity index (χ4n) is 2.91. The monoisotopic (exact) mass is 256 g/mol. The van der Waals surface area contributed by atoms with Gasteiger partial charge in [-0.05, 0) is 38.3 Å². The fraction of sp³-hybridized carbons (Fsp3) is 0.467. The second-order valence-electron chi connectivity index (χ2n) is 5.29. The van der Waals surface area contributed by atoms with E-state index in [9.17, 15) is 0 Å². The summed E-state index contributed by atoms with van der Waals surface area (Å²) in [6.45, 7) is 5.06. The van der Waals surface area contributed by atoms with Gasteiger partial charge in [0.2, 0.25) is 0 Å². The van der Waals surface area contributed by atoms with E-state index in [-0.39, 0.29) is 0 Å². The third kappa shape index (κ3) is 2.16. The molecule has 0 radical (unpaired) electrons. The summed E-state index contributed by atoms with van der Waals surface area (Å²) in [4.78, 5) is 4.52. The maximum Gasteiger partial charge on any atom is 0.0641 e. The minimum absolute atomic E-state index is 0.384. The van der Waals surface area contributed by atoms with Crippen LogP contribution in [0, 0.1) is 13.8 Å². The highest BCUT2D eigenvalue weighted by atomic mass is 15.3. The van der Waals surface area contributed by atoms with E-state index in [1.54, 1.807) is 0 Å². The van der Waals surface area contributed by atoms with Crippen LogP contribution >= 0.6 is 0 Å². The molecule has 0 fully saturated rings. The molecule has 1 unspecified atom stereocenters. The Hall–Kier alpha value is -1.68. The number of hydrogen-bond acceptors (Lipinski definition) is 3. The maximum atomic E-state index is 4.52. The molecular formula is C15H20N4. The Labute approximate surface area is 113 Å². The van der Waals surface area contributed by atoms with E-state index in [1.807, 2.05) is 24.0 Å². The number of nitrogens with zero attached hydrogens (tertiary/aromatic N) is 3. The molecule has 0 bridgehead atoms. The highest BCUT2D eigenvalue weighted by molar-refractivity contribution is 5.29. The average molecular weight is 256 g/mol. The topological polar surface area (TPSA) is 42.7 Å². The lowest BCUT2D eigenvalue weighted by Gasteiger charge is -2.13. The molecule has 1 aliphatic carbocycles. The molecule has 3 rings (SSSR count). The zero-order chi connectivity index (χ0) is 13.4. The molecule has 0 aliphatic heterocycles. The number of hydrogen-bond donors (Lipinski definition) is 1. The van der Waals surface area contributed by atoms with Gasteiger partial charge in [0.1, 0.15) is 0 Å². The second-order valence-corrected chi connectivity index (χ2v) is 5.29. The summed E-state index contributed by atoms with van der Waals surface area (Å²) in [7, 11) is 2.00. The summed E-state index contributed by atoms with van der Waals surface area (Å²) in [6.07, 6.45) is 4.16. The Morgan fingerprint density at radius 2 is 2.26 bits per heavy atom. The van der Waals surface area contributed by atoms with Gasteiger partial charge in [0.15, 0.2) is 0 Å². The van der Waals surface area contributed by atoms with Crippen molar-refractivity contribution < 1.29 is 0 Å². The van der Waals surface area contributed by atoms with Crippen molar-refractivity contribution in [3.63, 3.8) is 0 Å².